The Hall–Kier alpha value is -1.46. The summed E-state index contributed by atoms with van der Waals surface area (Å²) < 4.78 is 5.07. The molecule has 1 heterocycles. The molecule has 0 aromatic heterocycles. The highest BCUT2D eigenvalue weighted by molar-refractivity contribution is 5.87. The molecule has 5 heteroatoms. The van der Waals surface area contributed by atoms with Crippen LogP contribution >= 0.6 is 0 Å². The predicted octanol–water partition coefficient (Wildman–Crippen LogP) is 2.42. The summed E-state index contributed by atoms with van der Waals surface area (Å²) in [6.45, 7) is 7.02. The molecule has 1 aliphatic heterocycles. The molecule has 5 nitrogen and oxygen atoms in total. The van der Waals surface area contributed by atoms with E-state index in [-0.39, 0.29) is 24.7 Å². The lowest BCUT2D eigenvalue weighted by Crippen LogP contribution is -2.45. The summed E-state index contributed by atoms with van der Waals surface area (Å²) in [6.07, 6.45) is 6.64. The molecule has 1 aliphatic rings. The fourth-order valence-corrected chi connectivity index (χ4v) is 2.80. The normalized spacial score (nSPS) is 35.9. The predicted molar refractivity (Wildman–Crippen MR) is 92.2 cm³/mol. The van der Waals surface area contributed by atoms with Gasteiger partial charge in [0.05, 0.1) is 30.7 Å². The molecule has 0 aliphatic carbocycles. The van der Waals surface area contributed by atoms with Crippen LogP contribution in [0.25, 0.3) is 0 Å². The van der Waals surface area contributed by atoms with Gasteiger partial charge >= 0.3 is 5.97 Å². The molecule has 4 atom stereocenters. The Balaban J connectivity index is 2.99. The Bertz CT molecular complexity index is 492. The van der Waals surface area contributed by atoms with Crippen LogP contribution in [-0.4, -0.2) is 40.8 Å². The molecule has 3 unspecified atom stereocenters. The highest BCUT2D eigenvalue weighted by Crippen LogP contribution is 2.31. The minimum atomic E-state index is -1.15. The van der Waals surface area contributed by atoms with Gasteiger partial charge in [0.25, 0.3) is 0 Å². The van der Waals surface area contributed by atoms with E-state index in [1.54, 1.807) is 20.8 Å². The highest BCUT2D eigenvalue weighted by atomic mass is 16.5. The van der Waals surface area contributed by atoms with Crippen LogP contribution in [0.15, 0.2) is 24.3 Å². The van der Waals surface area contributed by atoms with Gasteiger partial charge in [-0.1, -0.05) is 52.0 Å². The quantitative estimate of drug-likeness (QED) is 0.663. The average Bonchev–Trinajstić information content (AvgIpc) is 2.53. The van der Waals surface area contributed by atoms with Gasteiger partial charge in [0.2, 0.25) is 0 Å². The molecule has 0 amide bonds. The number of hydrogen-bond acceptors (Lipinski definition) is 5. The number of Topliss-reactive ketones (excluding diaryl/α,β-unsaturated/α-hetero) is 1. The van der Waals surface area contributed by atoms with Crippen LogP contribution in [0, 0.1) is 17.3 Å². The Morgan fingerprint density at radius 2 is 1.75 bits per heavy atom. The summed E-state index contributed by atoms with van der Waals surface area (Å²) >= 11 is 0. The van der Waals surface area contributed by atoms with E-state index in [0.717, 1.165) is 0 Å². The van der Waals surface area contributed by atoms with Crippen molar-refractivity contribution < 1.29 is 24.5 Å². The van der Waals surface area contributed by atoms with E-state index in [4.69, 9.17) is 4.74 Å². The summed E-state index contributed by atoms with van der Waals surface area (Å²) in [5.74, 6) is -1.49. The standard InChI is InChI=1S/C19H30O5/c1-13-10-8-6-5-7-9-11-24-16(21)12-15(20)19(3,4)18(23)14(2)17(13)22/h5-8,13-15,17,20,22H,9-12H2,1-4H3/b7-5-,8-6+/t13?,14?,15?,17-/m0/s1. The summed E-state index contributed by atoms with van der Waals surface area (Å²) in [5, 5.41) is 20.8. The number of ketones is 1. The Labute approximate surface area is 144 Å². The van der Waals surface area contributed by atoms with Crippen molar-refractivity contribution in [3.63, 3.8) is 0 Å². The van der Waals surface area contributed by atoms with Gasteiger partial charge < -0.3 is 14.9 Å². The van der Waals surface area contributed by atoms with E-state index in [0.29, 0.717) is 12.8 Å². The maximum Gasteiger partial charge on any atom is 0.308 e. The van der Waals surface area contributed by atoms with Gasteiger partial charge in [-0.3, -0.25) is 9.59 Å². The van der Waals surface area contributed by atoms with Crippen molar-refractivity contribution in [1.29, 1.82) is 0 Å². The number of carbonyl (C=O) groups is 2. The van der Waals surface area contributed by atoms with Crippen molar-refractivity contribution >= 4 is 11.8 Å². The van der Waals surface area contributed by atoms with E-state index >= 15 is 0 Å². The zero-order chi connectivity index (χ0) is 18.3. The summed E-state index contributed by atoms with van der Waals surface area (Å²) in [4.78, 5) is 24.5. The lowest BCUT2D eigenvalue weighted by Gasteiger charge is -2.34. The number of cyclic esters (lactones) is 1. The van der Waals surface area contributed by atoms with Crippen molar-refractivity contribution in [3.8, 4) is 0 Å². The van der Waals surface area contributed by atoms with Gasteiger partial charge in [0.15, 0.2) is 0 Å². The number of allylic oxidation sites excluding steroid dienone is 3. The van der Waals surface area contributed by atoms with E-state index in [2.05, 4.69) is 0 Å². The molecule has 0 spiro atoms. The first-order valence-electron chi connectivity index (χ1n) is 8.55. The number of esters is 1. The molecule has 0 saturated heterocycles. The number of carbonyl (C=O) groups excluding carboxylic acids is 2. The molecule has 0 aromatic rings. The lowest BCUT2D eigenvalue weighted by molar-refractivity contribution is -0.151. The first-order chi connectivity index (χ1) is 11.2. The molecule has 0 fully saturated rings. The van der Waals surface area contributed by atoms with Crippen molar-refractivity contribution in [2.75, 3.05) is 6.61 Å². The van der Waals surface area contributed by atoms with Gasteiger partial charge in [-0.15, -0.1) is 0 Å². The molecular weight excluding hydrogens is 308 g/mol. The Morgan fingerprint density at radius 1 is 1.12 bits per heavy atom. The van der Waals surface area contributed by atoms with Gasteiger partial charge in [0.1, 0.15) is 5.78 Å². The van der Waals surface area contributed by atoms with Crippen LogP contribution < -0.4 is 0 Å². The largest absolute Gasteiger partial charge is 0.465 e. The monoisotopic (exact) mass is 338 g/mol. The first-order valence-corrected chi connectivity index (χ1v) is 8.55. The third kappa shape index (κ3) is 5.56. The van der Waals surface area contributed by atoms with Crippen molar-refractivity contribution in [3.05, 3.63) is 24.3 Å². The summed E-state index contributed by atoms with van der Waals surface area (Å²) in [7, 11) is 0. The zero-order valence-electron chi connectivity index (χ0n) is 15.1. The molecule has 0 bridgehead atoms. The number of hydrogen-bond donors (Lipinski definition) is 2. The van der Waals surface area contributed by atoms with E-state index in [1.807, 2.05) is 31.2 Å². The third-order valence-corrected chi connectivity index (χ3v) is 4.78. The second-order valence-corrected chi connectivity index (χ2v) is 7.16. The third-order valence-electron chi connectivity index (χ3n) is 4.78. The molecule has 0 radical (unpaired) electrons. The first kappa shape index (κ1) is 20.6. The number of rotatable bonds is 0. The molecule has 24 heavy (non-hydrogen) atoms. The topological polar surface area (TPSA) is 83.8 Å². The SMILES string of the molecule is CC1C/C=C/C=C\CCOC(=O)CC(O)C(C)(C)C(=O)C(C)[C@H]1O. The number of ether oxygens (including phenoxy) is 1. The van der Waals surface area contributed by atoms with Crippen LogP contribution in [-0.2, 0) is 14.3 Å². The van der Waals surface area contributed by atoms with Crippen LogP contribution in [0.2, 0.25) is 0 Å². The molecule has 0 aromatic carbocycles. The van der Waals surface area contributed by atoms with Gasteiger partial charge in [-0.05, 0) is 18.8 Å². The molecule has 1 rings (SSSR count). The molecule has 136 valence electrons. The van der Waals surface area contributed by atoms with Crippen LogP contribution in [0.4, 0.5) is 0 Å². The minimum Gasteiger partial charge on any atom is -0.465 e. The lowest BCUT2D eigenvalue weighted by atomic mass is 9.73. The van der Waals surface area contributed by atoms with Gasteiger partial charge in [-0.25, -0.2) is 0 Å². The number of aliphatic hydroxyl groups excluding tert-OH is 2. The zero-order valence-corrected chi connectivity index (χ0v) is 15.1. The number of aliphatic hydroxyl groups is 2. The average molecular weight is 338 g/mol. The van der Waals surface area contributed by atoms with E-state index in [1.165, 1.54) is 0 Å². The highest BCUT2D eigenvalue weighted by Gasteiger charge is 2.41. The summed E-state index contributed by atoms with van der Waals surface area (Å²) in [5.41, 5.74) is -1.13. The Kier molecular flexibility index (Phi) is 7.84. The van der Waals surface area contributed by atoms with Crippen LogP contribution in [0.5, 0.6) is 0 Å². The Morgan fingerprint density at radius 3 is 2.42 bits per heavy atom. The fraction of sp³-hybridized carbons (Fsp3) is 0.684. The second-order valence-electron chi connectivity index (χ2n) is 7.16. The smallest absolute Gasteiger partial charge is 0.308 e. The van der Waals surface area contributed by atoms with E-state index in [9.17, 15) is 19.8 Å². The minimum absolute atomic E-state index is 0.0839. The maximum atomic E-state index is 12.7. The maximum absolute atomic E-state index is 12.7. The van der Waals surface area contributed by atoms with Crippen molar-refractivity contribution in [2.24, 2.45) is 17.3 Å². The molecule has 2 N–H and O–H groups in total. The second kappa shape index (κ2) is 9.14. The van der Waals surface area contributed by atoms with Gasteiger partial charge in [-0.2, -0.15) is 0 Å². The fourth-order valence-electron chi connectivity index (χ4n) is 2.80. The van der Waals surface area contributed by atoms with Gasteiger partial charge in [0, 0.05) is 5.92 Å². The van der Waals surface area contributed by atoms with E-state index < -0.39 is 29.5 Å². The van der Waals surface area contributed by atoms with Crippen LogP contribution in [0.3, 0.4) is 0 Å². The van der Waals surface area contributed by atoms with Crippen molar-refractivity contribution in [1.82, 2.24) is 0 Å². The molecule has 0 saturated carbocycles. The van der Waals surface area contributed by atoms with Crippen molar-refractivity contribution in [2.45, 2.75) is 59.2 Å². The van der Waals surface area contributed by atoms with Crippen LogP contribution in [0.1, 0.15) is 47.0 Å². The molecular formula is C19H30O5. The summed E-state index contributed by atoms with van der Waals surface area (Å²) in [6, 6.07) is 0.